The molecule has 0 unspecified atom stereocenters. The number of H-pyrrole nitrogens is 1. The standard InChI is InChI=1S/C17H27N3O3S/c1-13-7-3-4-8-15(13)19-17(21)16-11-14(12-18-16)24(22,23)20-9-5-2-6-10-20/h11-13,15,18H,2-10H2,1H3,(H,19,21)/t13-,15-/m1/s1. The lowest BCUT2D eigenvalue weighted by Crippen LogP contribution is -2.41. The van der Waals surface area contributed by atoms with Crippen LogP contribution in [0.4, 0.5) is 0 Å². The number of aromatic nitrogens is 1. The number of hydrogen-bond donors (Lipinski definition) is 2. The summed E-state index contributed by atoms with van der Waals surface area (Å²) in [6.45, 7) is 3.29. The van der Waals surface area contributed by atoms with E-state index >= 15 is 0 Å². The molecular weight excluding hydrogens is 326 g/mol. The molecule has 0 aromatic carbocycles. The molecule has 2 atom stereocenters. The Morgan fingerprint density at radius 2 is 1.88 bits per heavy atom. The van der Waals surface area contributed by atoms with Crippen LogP contribution in [-0.4, -0.2) is 42.7 Å². The lowest BCUT2D eigenvalue weighted by Gasteiger charge is -2.29. The fourth-order valence-corrected chi connectivity index (χ4v) is 5.20. The first-order chi connectivity index (χ1) is 11.5. The second kappa shape index (κ2) is 7.27. The van der Waals surface area contributed by atoms with Gasteiger partial charge in [0, 0.05) is 25.3 Å². The fourth-order valence-electron chi connectivity index (χ4n) is 3.69. The largest absolute Gasteiger partial charge is 0.356 e. The summed E-state index contributed by atoms with van der Waals surface area (Å²) in [7, 11) is -3.50. The van der Waals surface area contributed by atoms with Crippen LogP contribution in [0.15, 0.2) is 17.2 Å². The molecule has 2 fully saturated rings. The van der Waals surface area contributed by atoms with Crippen LogP contribution in [0.25, 0.3) is 0 Å². The summed E-state index contributed by atoms with van der Waals surface area (Å²) >= 11 is 0. The molecule has 1 aliphatic carbocycles. The molecule has 3 rings (SSSR count). The summed E-state index contributed by atoms with van der Waals surface area (Å²) < 4.78 is 26.8. The van der Waals surface area contributed by atoms with Crippen LogP contribution in [0.2, 0.25) is 0 Å². The molecule has 1 aromatic rings. The third kappa shape index (κ3) is 3.67. The van der Waals surface area contributed by atoms with E-state index in [9.17, 15) is 13.2 Å². The predicted octanol–water partition coefficient (Wildman–Crippen LogP) is 2.50. The zero-order valence-corrected chi connectivity index (χ0v) is 15.1. The molecule has 134 valence electrons. The van der Waals surface area contributed by atoms with Crippen molar-refractivity contribution >= 4 is 15.9 Å². The normalized spacial score (nSPS) is 26.2. The van der Waals surface area contributed by atoms with Crippen molar-refractivity contribution in [1.29, 1.82) is 0 Å². The van der Waals surface area contributed by atoms with Gasteiger partial charge in [0.2, 0.25) is 10.0 Å². The average molecular weight is 353 g/mol. The van der Waals surface area contributed by atoms with Gasteiger partial charge in [-0.3, -0.25) is 4.79 Å². The van der Waals surface area contributed by atoms with Gasteiger partial charge < -0.3 is 10.3 Å². The van der Waals surface area contributed by atoms with Crippen LogP contribution in [0.5, 0.6) is 0 Å². The van der Waals surface area contributed by atoms with Gasteiger partial charge in [0.05, 0.1) is 0 Å². The molecule has 0 bridgehead atoms. The molecule has 2 aliphatic rings. The third-order valence-corrected chi connectivity index (χ3v) is 7.16. The van der Waals surface area contributed by atoms with E-state index in [1.54, 1.807) is 0 Å². The number of carbonyl (C=O) groups is 1. The highest BCUT2D eigenvalue weighted by molar-refractivity contribution is 7.89. The molecule has 1 saturated heterocycles. The zero-order chi connectivity index (χ0) is 17.2. The monoisotopic (exact) mass is 353 g/mol. The van der Waals surface area contributed by atoms with E-state index in [0.29, 0.717) is 24.7 Å². The van der Waals surface area contributed by atoms with Crippen molar-refractivity contribution in [1.82, 2.24) is 14.6 Å². The molecule has 7 heteroatoms. The molecule has 0 radical (unpaired) electrons. The molecule has 2 heterocycles. The van der Waals surface area contributed by atoms with Crippen LogP contribution in [0.1, 0.15) is 62.4 Å². The molecule has 1 saturated carbocycles. The lowest BCUT2D eigenvalue weighted by atomic mass is 9.86. The molecule has 1 amide bonds. The van der Waals surface area contributed by atoms with Crippen molar-refractivity contribution < 1.29 is 13.2 Å². The van der Waals surface area contributed by atoms with E-state index in [2.05, 4.69) is 17.2 Å². The van der Waals surface area contributed by atoms with Crippen LogP contribution in [0, 0.1) is 5.92 Å². The highest BCUT2D eigenvalue weighted by Crippen LogP contribution is 2.25. The van der Waals surface area contributed by atoms with E-state index in [0.717, 1.165) is 38.5 Å². The summed E-state index contributed by atoms with van der Waals surface area (Å²) in [6, 6.07) is 1.64. The molecule has 1 aromatic heterocycles. The lowest BCUT2D eigenvalue weighted by molar-refractivity contribution is 0.0905. The van der Waals surface area contributed by atoms with E-state index in [4.69, 9.17) is 0 Å². The van der Waals surface area contributed by atoms with Gasteiger partial charge >= 0.3 is 0 Å². The maximum atomic E-state index is 12.6. The van der Waals surface area contributed by atoms with E-state index in [1.165, 1.54) is 23.0 Å². The van der Waals surface area contributed by atoms with Crippen molar-refractivity contribution in [2.75, 3.05) is 13.1 Å². The van der Waals surface area contributed by atoms with Crippen molar-refractivity contribution in [3.05, 3.63) is 18.0 Å². The summed E-state index contributed by atoms with van der Waals surface area (Å²) in [5.74, 6) is 0.253. The Balaban J connectivity index is 1.69. The predicted molar refractivity (Wildman–Crippen MR) is 92.3 cm³/mol. The number of sulfonamides is 1. The van der Waals surface area contributed by atoms with Gasteiger partial charge in [-0.15, -0.1) is 0 Å². The minimum atomic E-state index is -3.50. The molecule has 6 nitrogen and oxygen atoms in total. The van der Waals surface area contributed by atoms with Gasteiger partial charge in [-0.2, -0.15) is 4.31 Å². The average Bonchev–Trinajstić information content (AvgIpc) is 3.09. The summed E-state index contributed by atoms with van der Waals surface area (Å²) in [5.41, 5.74) is 0.323. The van der Waals surface area contributed by atoms with E-state index in [1.807, 2.05) is 0 Å². The third-order valence-electron chi connectivity index (χ3n) is 5.28. The highest BCUT2D eigenvalue weighted by Gasteiger charge is 2.28. The van der Waals surface area contributed by atoms with Crippen LogP contribution < -0.4 is 5.32 Å². The summed E-state index contributed by atoms with van der Waals surface area (Å²) in [5, 5.41) is 3.05. The Hall–Kier alpha value is -1.34. The highest BCUT2D eigenvalue weighted by atomic mass is 32.2. The Morgan fingerprint density at radius 1 is 1.17 bits per heavy atom. The first kappa shape index (κ1) is 17.5. The second-order valence-electron chi connectivity index (χ2n) is 7.06. The van der Waals surface area contributed by atoms with Crippen molar-refractivity contribution in [3.8, 4) is 0 Å². The topological polar surface area (TPSA) is 82.3 Å². The fraction of sp³-hybridized carbons (Fsp3) is 0.706. The van der Waals surface area contributed by atoms with E-state index < -0.39 is 10.0 Å². The summed E-state index contributed by atoms with van der Waals surface area (Å²) in [6.07, 6.45) is 8.78. The maximum absolute atomic E-state index is 12.6. The number of piperidine rings is 1. The Kier molecular flexibility index (Phi) is 5.30. The molecular formula is C17H27N3O3S. The maximum Gasteiger partial charge on any atom is 0.267 e. The minimum absolute atomic E-state index is 0.178. The second-order valence-corrected chi connectivity index (χ2v) is 8.99. The Labute approximate surface area is 144 Å². The molecule has 0 spiro atoms. The van der Waals surface area contributed by atoms with E-state index in [-0.39, 0.29) is 16.8 Å². The summed E-state index contributed by atoms with van der Waals surface area (Å²) in [4.78, 5) is 15.4. The van der Waals surface area contributed by atoms with Gasteiger partial charge in [0.25, 0.3) is 5.91 Å². The molecule has 1 aliphatic heterocycles. The number of amides is 1. The van der Waals surface area contributed by atoms with Crippen molar-refractivity contribution in [3.63, 3.8) is 0 Å². The number of aromatic amines is 1. The van der Waals surface area contributed by atoms with Crippen molar-refractivity contribution in [2.24, 2.45) is 5.92 Å². The van der Waals surface area contributed by atoms with Gasteiger partial charge in [-0.1, -0.05) is 26.2 Å². The number of nitrogens with one attached hydrogen (secondary N) is 2. The number of hydrogen-bond acceptors (Lipinski definition) is 3. The quantitative estimate of drug-likeness (QED) is 0.872. The van der Waals surface area contributed by atoms with Gasteiger partial charge in [0.1, 0.15) is 10.6 Å². The van der Waals surface area contributed by atoms with Gasteiger partial charge in [0.15, 0.2) is 0 Å². The number of nitrogens with zero attached hydrogens (tertiary/aromatic N) is 1. The zero-order valence-electron chi connectivity index (χ0n) is 14.3. The Morgan fingerprint density at radius 3 is 2.58 bits per heavy atom. The molecule has 2 N–H and O–H groups in total. The van der Waals surface area contributed by atoms with Crippen molar-refractivity contribution in [2.45, 2.75) is 62.8 Å². The first-order valence-electron chi connectivity index (χ1n) is 8.98. The first-order valence-corrected chi connectivity index (χ1v) is 10.4. The smallest absolute Gasteiger partial charge is 0.267 e. The SMILES string of the molecule is C[C@@H]1CCCC[C@H]1NC(=O)c1cc(S(=O)(=O)N2CCCCC2)c[nH]1. The number of rotatable bonds is 4. The molecule has 24 heavy (non-hydrogen) atoms. The Bertz CT molecular complexity index is 677. The van der Waals surface area contributed by atoms with Crippen LogP contribution in [-0.2, 0) is 10.0 Å². The minimum Gasteiger partial charge on any atom is -0.356 e. The van der Waals surface area contributed by atoms with Gasteiger partial charge in [-0.25, -0.2) is 8.42 Å². The van der Waals surface area contributed by atoms with Crippen LogP contribution in [0.3, 0.4) is 0 Å². The van der Waals surface area contributed by atoms with Gasteiger partial charge in [-0.05, 0) is 37.7 Å². The van der Waals surface area contributed by atoms with Crippen LogP contribution >= 0.6 is 0 Å². The number of carbonyl (C=O) groups excluding carboxylic acids is 1.